The molecule has 0 saturated carbocycles. The van der Waals surface area contributed by atoms with Gasteiger partial charge in [-0.15, -0.1) is 0 Å². The van der Waals surface area contributed by atoms with Crippen molar-refractivity contribution < 1.29 is 4.74 Å². The highest BCUT2D eigenvalue weighted by molar-refractivity contribution is 4.68. The molecule has 0 spiro atoms. The molecule has 1 rings (SSSR count). The van der Waals surface area contributed by atoms with Gasteiger partial charge >= 0.3 is 0 Å². The van der Waals surface area contributed by atoms with Gasteiger partial charge in [0.05, 0.1) is 12.7 Å². The van der Waals surface area contributed by atoms with E-state index in [4.69, 9.17) is 4.74 Å². The van der Waals surface area contributed by atoms with Crippen molar-refractivity contribution in [1.82, 2.24) is 10.2 Å². The van der Waals surface area contributed by atoms with Crippen LogP contribution in [0.4, 0.5) is 0 Å². The number of nitrogens with zero attached hydrogens (tertiary/aromatic N) is 1. The Hall–Kier alpha value is -0.120. The highest BCUT2D eigenvalue weighted by Gasteiger charge is 2.15. The molecule has 1 aliphatic heterocycles. The Morgan fingerprint density at radius 2 is 1.89 bits per heavy atom. The lowest BCUT2D eigenvalue weighted by Gasteiger charge is -2.28. The van der Waals surface area contributed by atoms with Crippen LogP contribution in [0.25, 0.3) is 0 Å². The number of piperidine rings is 1. The molecule has 0 aromatic carbocycles. The Morgan fingerprint density at radius 3 is 2.50 bits per heavy atom. The smallest absolute Gasteiger partial charge is 0.0722 e. The minimum Gasteiger partial charge on any atom is -0.375 e. The van der Waals surface area contributed by atoms with Gasteiger partial charge in [-0.05, 0) is 44.8 Å². The summed E-state index contributed by atoms with van der Waals surface area (Å²) in [7, 11) is 0. The van der Waals surface area contributed by atoms with Crippen molar-refractivity contribution in [3.63, 3.8) is 0 Å². The van der Waals surface area contributed by atoms with E-state index in [-0.39, 0.29) is 0 Å². The quantitative estimate of drug-likeness (QED) is 0.642. The predicted molar refractivity (Wildman–Crippen MR) is 78.0 cm³/mol. The van der Waals surface area contributed by atoms with Crippen LogP contribution in [0.2, 0.25) is 0 Å². The average Bonchev–Trinajstić information content (AvgIpc) is 2.38. The molecule has 1 aliphatic rings. The number of hydrogen-bond donors (Lipinski definition) is 1. The van der Waals surface area contributed by atoms with Crippen molar-refractivity contribution in [3.05, 3.63) is 0 Å². The fourth-order valence-corrected chi connectivity index (χ4v) is 2.42. The highest BCUT2D eigenvalue weighted by atomic mass is 16.5. The maximum Gasteiger partial charge on any atom is 0.0722 e. The Labute approximate surface area is 113 Å². The summed E-state index contributed by atoms with van der Waals surface area (Å²) >= 11 is 0. The molecule has 1 fully saturated rings. The van der Waals surface area contributed by atoms with Gasteiger partial charge in [0.25, 0.3) is 0 Å². The van der Waals surface area contributed by atoms with Crippen molar-refractivity contribution in [1.29, 1.82) is 0 Å². The summed E-state index contributed by atoms with van der Waals surface area (Å²) in [5.41, 5.74) is 0. The molecule has 0 bridgehead atoms. The monoisotopic (exact) mass is 256 g/mol. The minimum atomic E-state index is 0.362. The molecule has 3 heteroatoms. The third-order valence-corrected chi connectivity index (χ3v) is 3.70. The van der Waals surface area contributed by atoms with E-state index in [0.29, 0.717) is 12.0 Å². The Balaban J connectivity index is 2.11. The molecule has 108 valence electrons. The zero-order valence-corrected chi connectivity index (χ0v) is 12.6. The minimum absolute atomic E-state index is 0.362. The Kier molecular flexibility index (Phi) is 8.64. The van der Waals surface area contributed by atoms with Crippen molar-refractivity contribution in [2.45, 2.75) is 52.6 Å². The summed E-state index contributed by atoms with van der Waals surface area (Å²) in [5, 5.41) is 3.47. The Bertz CT molecular complexity index is 191. The molecule has 1 heterocycles. The molecule has 1 atom stereocenters. The third kappa shape index (κ3) is 6.72. The van der Waals surface area contributed by atoms with E-state index in [1.165, 1.54) is 38.8 Å². The summed E-state index contributed by atoms with van der Waals surface area (Å²) in [4.78, 5) is 2.54. The average molecular weight is 256 g/mol. The molecule has 18 heavy (non-hydrogen) atoms. The number of nitrogens with one attached hydrogen (secondary N) is 1. The van der Waals surface area contributed by atoms with Gasteiger partial charge in [-0.25, -0.2) is 0 Å². The van der Waals surface area contributed by atoms with E-state index in [0.717, 1.165) is 26.2 Å². The van der Waals surface area contributed by atoms with E-state index >= 15 is 0 Å². The first-order chi connectivity index (χ1) is 8.74. The third-order valence-electron chi connectivity index (χ3n) is 3.70. The lowest BCUT2D eigenvalue weighted by molar-refractivity contribution is 0.00920. The fourth-order valence-electron chi connectivity index (χ4n) is 2.42. The largest absolute Gasteiger partial charge is 0.375 e. The van der Waals surface area contributed by atoms with E-state index in [2.05, 4.69) is 31.0 Å². The van der Waals surface area contributed by atoms with Crippen LogP contribution < -0.4 is 5.32 Å². The first-order valence-corrected chi connectivity index (χ1v) is 7.78. The normalized spacial score (nSPS) is 19.3. The molecule has 0 aliphatic carbocycles. The summed E-state index contributed by atoms with van der Waals surface area (Å²) in [5.74, 6) is 0.593. The fraction of sp³-hybridized carbons (Fsp3) is 1.00. The second-order valence-electron chi connectivity index (χ2n) is 5.76. The molecule has 3 nitrogen and oxygen atoms in total. The Morgan fingerprint density at radius 1 is 1.17 bits per heavy atom. The van der Waals surface area contributed by atoms with Gasteiger partial charge in [-0.2, -0.15) is 0 Å². The molecule has 1 unspecified atom stereocenters. The zero-order chi connectivity index (χ0) is 13.2. The zero-order valence-electron chi connectivity index (χ0n) is 12.6. The topological polar surface area (TPSA) is 24.5 Å². The van der Waals surface area contributed by atoms with Crippen LogP contribution in [0.15, 0.2) is 0 Å². The summed E-state index contributed by atoms with van der Waals surface area (Å²) in [6.45, 7) is 13.3. The molecule has 0 aromatic heterocycles. The van der Waals surface area contributed by atoms with Crippen LogP contribution in [0, 0.1) is 5.92 Å². The van der Waals surface area contributed by atoms with Gasteiger partial charge in [0.15, 0.2) is 0 Å². The van der Waals surface area contributed by atoms with Crippen molar-refractivity contribution in [3.8, 4) is 0 Å². The standard InChI is InChI=1S/C15H32N2O/c1-4-8-16-13-15(14(2)3)18-12-11-17-9-6-5-7-10-17/h14-16H,4-13H2,1-3H3. The summed E-state index contributed by atoms with van der Waals surface area (Å²) in [6.07, 6.45) is 5.70. The van der Waals surface area contributed by atoms with Gasteiger partial charge in [0, 0.05) is 13.1 Å². The van der Waals surface area contributed by atoms with Gasteiger partial charge in [-0.3, -0.25) is 0 Å². The van der Waals surface area contributed by atoms with Crippen molar-refractivity contribution >= 4 is 0 Å². The van der Waals surface area contributed by atoms with Gasteiger partial charge < -0.3 is 15.0 Å². The molecule has 0 amide bonds. The summed E-state index contributed by atoms with van der Waals surface area (Å²) in [6, 6.07) is 0. The maximum atomic E-state index is 6.05. The molecular weight excluding hydrogens is 224 g/mol. The first-order valence-electron chi connectivity index (χ1n) is 7.78. The number of hydrogen-bond acceptors (Lipinski definition) is 3. The lowest BCUT2D eigenvalue weighted by atomic mass is 10.1. The first kappa shape index (κ1) is 15.9. The van der Waals surface area contributed by atoms with E-state index in [1.807, 2.05) is 0 Å². The number of ether oxygens (including phenoxy) is 1. The molecular formula is C15H32N2O. The molecule has 0 aromatic rings. The maximum absolute atomic E-state index is 6.05. The highest BCUT2D eigenvalue weighted by Crippen LogP contribution is 2.09. The van der Waals surface area contributed by atoms with Gasteiger partial charge in [0.1, 0.15) is 0 Å². The SMILES string of the molecule is CCCNCC(OCCN1CCCCC1)C(C)C. The molecule has 1 saturated heterocycles. The van der Waals surface area contributed by atoms with Crippen LogP contribution in [-0.2, 0) is 4.74 Å². The van der Waals surface area contributed by atoms with E-state index in [1.54, 1.807) is 0 Å². The van der Waals surface area contributed by atoms with E-state index in [9.17, 15) is 0 Å². The van der Waals surface area contributed by atoms with Crippen LogP contribution in [0.5, 0.6) is 0 Å². The van der Waals surface area contributed by atoms with Crippen molar-refractivity contribution in [2.24, 2.45) is 5.92 Å². The molecule has 0 radical (unpaired) electrons. The van der Waals surface area contributed by atoms with Gasteiger partial charge in [0.2, 0.25) is 0 Å². The van der Waals surface area contributed by atoms with Crippen LogP contribution in [-0.4, -0.2) is 50.3 Å². The predicted octanol–water partition coefficient (Wildman–Crippen LogP) is 2.51. The van der Waals surface area contributed by atoms with Crippen LogP contribution >= 0.6 is 0 Å². The van der Waals surface area contributed by atoms with Gasteiger partial charge in [-0.1, -0.05) is 27.2 Å². The van der Waals surface area contributed by atoms with Crippen molar-refractivity contribution in [2.75, 3.05) is 39.3 Å². The number of rotatable bonds is 9. The second-order valence-corrected chi connectivity index (χ2v) is 5.76. The summed E-state index contributed by atoms with van der Waals surface area (Å²) < 4.78 is 6.05. The molecule has 1 N–H and O–H groups in total. The van der Waals surface area contributed by atoms with Crippen LogP contribution in [0.3, 0.4) is 0 Å². The lowest BCUT2D eigenvalue weighted by Crippen LogP contribution is -2.37. The second kappa shape index (κ2) is 9.76. The van der Waals surface area contributed by atoms with Crippen LogP contribution in [0.1, 0.15) is 46.5 Å². The number of likely N-dealkylation sites (tertiary alicyclic amines) is 1. The van der Waals surface area contributed by atoms with E-state index < -0.39 is 0 Å².